The summed E-state index contributed by atoms with van der Waals surface area (Å²) in [6.45, 7) is 6.49. The number of nitrogens with two attached hydrogens (primary N) is 1. The molecule has 2 aliphatic heterocycles. The zero-order chi connectivity index (χ0) is 46.6. The Morgan fingerprint density at radius 2 is 1.20 bits per heavy atom. The average molecular weight is 1110 g/mol. The molecule has 65 heavy (non-hydrogen) atoms. The van der Waals surface area contributed by atoms with Crippen molar-refractivity contribution in [2.24, 2.45) is 17.1 Å². The van der Waals surface area contributed by atoms with Crippen LogP contribution in [0.2, 0.25) is 0 Å². The van der Waals surface area contributed by atoms with Crippen molar-refractivity contribution in [2.45, 2.75) is 84.0 Å². The topological polar surface area (TPSA) is 419 Å². The fourth-order valence-electron chi connectivity index (χ4n) is 5.96. The molecule has 4 unspecified atom stereocenters. The number of hydrogen-bond donors (Lipinski definition) is 10. The number of ether oxygens (including phenoxy) is 3. The molecular formula is C38H64N10O16Pt. The van der Waals surface area contributed by atoms with E-state index in [4.69, 9.17) is 19.9 Å². The molecule has 1 saturated heterocycles. The van der Waals surface area contributed by atoms with E-state index in [9.17, 15) is 63.0 Å². The Morgan fingerprint density at radius 3 is 1.72 bits per heavy atom. The van der Waals surface area contributed by atoms with Crippen molar-refractivity contribution < 1.29 is 98.2 Å². The SMILES string of the molecule is CC(C)CC(CC(=O)N1CC(C(=O)O)(C(=O)O)C1)NC(=O)C(CC(N)=O)NC(=O)C(C)NC(=O)C(C)NC(=O)CCOCCOCCOCCNC(=O)CCN1C(=O)C=CC1=O.N.N.[Pt]. The van der Waals surface area contributed by atoms with Gasteiger partial charge in [-0.1, -0.05) is 13.8 Å². The van der Waals surface area contributed by atoms with Crippen LogP contribution in [0.5, 0.6) is 0 Å². The number of carbonyl (C=O) groups is 11. The first-order valence-corrected chi connectivity index (χ1v) is 19.9. The number of rotatable bonds is 30. The molecule has 0 aromatic rings. The smallest absolute Gasteiger partial charge is 0.324 e. The Morgan fingerprint density at radius 1 is 0.692 bits per heavy atom. The Balaban J connectivity index is 0. The summed E-state index contributed by atoms with van der Waals surface area (Å²) in [5, 5.41) is 31.1. The number of nitrogens with one attached hydrogen (secondary N) is 5. The second-order valence-corrected chi connectivity index (χ2v) is 15.1. The first-order valence-electron chi connectivity index (χ1n) is 19.9. The van der Waals surface area contributed by atoms with Crippen molar-refractivity contribution in [1.82, 2.24) is 48.7 Å². The zero-order valence-electron chi connectivity index (χ0n) is 37.0. The van der Waals surface area contributed by atoms with Crippen LogP contribution >= 0.6 is 0 Å². The van der Waals surface area contributed by atoms with Crippen LogP contribution in [0, 0.1) is 11.3 Å². The predicted molar refractivity (Wildman–Crippen MR) is 222 cm³/mol. The maximum Gasteiger partial charge on any atom is 0.324 e. The molecule has 0 aromatic heterocycles. The van der Waals surface area contributed by atoms with Crippen LogP contribution in [-0.2, 0) is 88.0 Å². The molecule has 15 N–H and O–H groups in total. The van der Waals surface area contributed by atoms with Crippen LogP contribution in [0.4, 0.5) is 0 Å². The number of amides is 9. The summed E-state index contributed by atoms with van der Waals surface area (Å²) in [6, 6.07) is -4.69. The van der Waals surface area contributed by atoms with Crippen molar-refractivity contribution in [3.63, 3.8) is 0 Å². The quantitative estimate of drug-likeness (QED) is 0.0189. The molecule has 1 fully saturated rings. The normalized spacial score (nSPS) is 15.3. The van der Waals surface area contributed by atoms with Crippen molar-refractivity contribution in [2.75, 3.05) is 65.8 Å². The van der Waals surface area contributed by atoms with Gasteiger partial charge in [0.05, 0.1) is 46.1 Å². The number of carboxylic acid groups (broad SMARTS) is 2. The summed E-state index contributed by atoms with van der Waals surface area (Å²) in [4.78, 5) is 136. The zero-order valence-corrected chi connectivity index (χ0v) is 39.2. The molecule has 27 heteroatoms. The first kappa shape index (κ1) is 61.7. The predicted octanol–water partition coefficient (Wildman–Crippen LogP) is -3.53. The molecule has 0 saturated carbocycles. The fraction of sp³-hybridized carbons (Fsp3) is 0.658. The number of carboxylic acids is 2. The van der Waals surface area contributed by atoms with Crippen molar-refractivity contribution >= 4 is 65.1 Å². The third-order valence-corrected chi connectivity index (χ3v) is 9.43. The van der Waals surface area contributed by atoms with Crippen molar-refractivity contribution in [1.29, 1.82) is 0 Å². The molecule has 2 aliphatic rings. The third-order valence-electron chi connectivity index (χ3n) is 9.43. The molecule has 0 aliphatic carbocycles. The van der Waals surface area contributed by atoms with E-state index in [0.717, 1.165) is 22.0 Å². The minimum Gasteiger partial charge on any atom is -0.480 e. The van der Waals surface area contributed by atoms with Crippen LogP contribution < -0.4 is 44.6 Å². The van der Waals surface area contributed by atoms with E-state index in [0.29, 0.717) is 0 Å². The first-order chi connectivity index (χ1) is 29.2. The van der Waals surface area contributed by atoms with Gasteiger partial charge in [0.2, 0.25) is 41.4 Å². The fourth-order valence-corrected chi connectivity index (χ4v) is 5.96. The molecule has 0 aromatic carbocycles. The Bertz CT molecular complexity index is 1680. The average Bonchev–Trinajstić information content (AvgIpc) is 3.48. The molecule has 0 radical (unpaired) electrons. The molecule has 4 atom stereocenters. The van der Waals surface area contributed by atoms with Gasteiger partial charge >= 0.3 is 11.9 Å². The Hall–Kier alpha value is -5.40. The van der Waals surface area contributed by atoms with Crippen LogP contribution in [0.15, 0.2) is 12.2 Å². The van der Waals surface area contributed by atoms with E-state index in [1.807, 2.05) is 13.8 Å². The second kappa shape index (κ2) is 30.7. The molecule has 26 nitrogen and oxygen atoms in total. The minimum absolute atomic E-state index is 0. The van der Waals surface area contributed by atoms with E-state index in [-0.39, 0.29) is 124 Å². The molecule has 372 valence electrons. The molecular weight excluding hydrogens is 1050 g/mol. The third kappa shape index (κ3) is 21.4. The van der Waals surface area contributed by atoms with Gasteiger partial charge in [0.15, 0.2) is 5.41 Å². The number of nitrogens with zero attached hydrogens (tertiary/aromatic N) is 2. The maximum absolute atomic E-state index is 13.3. The second-order valence-electron chi connectivity index (χ2n) is 15.1. The van der Waals surface area contributed by atoms with Gasteiger partial charge in [-0.2, -0.15) is 0 Å². The summed E-state index contributed by atoms with van der Waals surface area (Å²) in [6.07, 6.45) is 1.47. The van der Waals surface area contributed by atoms with Gasteiger partial charge in [0.1, 0.15) is 18.1 Å². The summed E-state index contributed by atoms with van der Waals surface area (Å²) in [5.41, 5.74) is 3.20. The number of hydrogen-bond acceptors (Lipinski definition) is 16. The number of aliphatic carboxylic acids is 2. The van der Waals surface area contributed by atoms with E-state index >= 15 is 0 Å². The van der Waals surface area contributed by atoms with Gasteiger partial charge in [-0.25, -0.2) is 0 Å². The number of carbonyl (C=O) groups excluding carboxylic acids is 9. The van der Waals surface area contributed by atoms with Gasteiger partial charge < -0.3 is 73.9 Å². The van der Waals surface area contributed by atoms with Gasteiger partial charge in [-0.3, -0.25) is 57.6 Å². The van der Waals surface area contributed by atoms with E-state index in [1.54, 1.807) is 0 Å². The van der Waals surface area contributed by atoms with Crippen LogP contribution in [0.3, 0.4) is 0 Å². The number of imide groups is 1. The van der Waals surface area contributed by atoms with Crippen molar-refractivity contribution in [3.05, 3.63) is 12.2 Å². The molecule has 0 spiro atoms. The van der Waals surface area contributed by atoms with Gasteiger partial charge in [-0.05, 0) is 26.2 Å². The maximum atomic E-state index is 13.3. The monoisotopic (exact) mass is 1110 g/mol. The molecule has 9 amide bonds. The summed E-state index contributed by atoms with van der Waals surface area (Å²) >= 11 is 0. The van der Waals surface area contributed by atoms with Crippen LogP contribution in [0.1, 0.15) is 59.8 Å². The van der Waals surface area contributed by atoms with Crippen molar-refractivity contribution in [3.8, 4) is 0 Å². The van der Waals surface area contributed by atoms with Crippen LogP contribution in [-0.4, -0.2) is 175 Å². The van der Waals surface area contributed by atoms with E-state index in [2.05, 4.69) is 26.6 Å². The van der Waals surface area contributed by atoms with Gasteiger partial charge in [0, 0.05) is 84.7 Å². The Labute approximate surface area is 390 Å². The van der Waals surface area contributed by atoms with E-state index in [1.165, 1.54) is 13.8 Å². The van der Waals surface area contributed by atoms with Gasteiger partial charge in [-0.15, -0.1) is 0 Å². The van der Waals surface area contributed by atoms with Gasteiger partial charge in [0.25, 0.3) is 11.8 Å². The standard InChI is InChI=1S/C38H58N8O16.2H3N.Pt/c1-22(2)17-25(18-32(52)45-20-38(21-45,36(56)57)37(58)59)43-35(55)26(19-27(39)47)44-34(54)24(4)42-33(53)23(3)41-29(49)8-11-60-13-15-62-16-14-61-12-9-40-28(48)7-10-46-30(50)5-6-31(46)51;;;/h5-6,22-26H,7-21H2,1-4H3,(H2,39,47)(H,40,48)(H,41,49)(H,42,53)(H,43,55)(H,44,54)(H,56,57)(H,58,59);2*1H3;. The number of likely N-dealkylation sites (tertiary alicyclic amines) is 1. The minimum atomic E-state index is -2.12. The summed E-state index contributed by atoms with van der Waals surface area (Å²) in [7, 11) is 0. The molecule has 2 heterocycles. The molecule has 2 rings (SSSR count). The number of primary amides is 1. The summed E-state index contributed by atoms with van der Waals surface area (Å²) < 4.78 is 16.1. The van der Waals surface area contributed by atoms with E-state index < -0.39 is 108 Å². The summed E-state index contributed by atoms with van der Waals surface area (Å²) in [5.74, 6) is -9.01. The Kier molecular flexibility index (Phi) is 29.1. The molecule has 0 bridgehead atoms. The van der Waals surface area contributed by atoms with Crippen LogP contribution in [0.25, 0.3) is 0 Å². The largest absolute Gasteiger partial charge is 0.480 e.